The lowest BCUT2D eigenvalue weighted by Gasteiger charge is -2.44. The van der Waals surface area contributed by atoms with Crippen LogP contribution in [-0.4, -0.2) is 62.4 Å². The lowest BCUT2D eigenvalue weighted by atomic mass is 9.83. The molecule has 0 spiro atoms. The second-order valence-electron chi connectivity index (χ2n) is 9.86. The Morgan fingerprint density at radius 1 is 0.946 bits per heavy atom. The highest BCUT2D eigenvalue weighted by Crippen LogP contribution is 2.39. The second-order valence-corrected chi connectivity index (χ2v) is 9.86. The van der Waals surface area contributed by atoms with Gasteiger partial charge >= 0.3 is 0 Å². The molecule has 0 unspecified atom stereocenters. The normalized spacial score (nSPS) is 19.8. The number of carbonyl (C=O) groups excluding carboxylic acids is 1. The number of aromatic nitrogens is 1. The molecule has 0 saturated carbocycles. The molecule has 37 heavy (non-hydrogen) atoms. The van der Waals surface area contributed by atoms with E-state index in [-0.39, 0.29) is 11.5 Å². The van der Waals surface area contributed by atoms with Crippen molar-refractivity contribution in [2.75, 3.05) is 41.0 Å². The molecule has 1 N–H and O–H groups in total. The number of benzene rings is 2. The Kier molecular flexibility index (Phi) is 7.37. The number of methoxy groups -OCH3 is 3. The van der Waals surface area contributed by atoms with E-state index in [0.717, 1.165) is 6.42 Å². The molecular formula is C29H35N3O5. The monoisotopic (exact) mass is 505 g/mol. The van der Waals surface area contributed by atoms with Gasteiger partial charge in [0.1, 0.15) is 0 Å². The SMILES string of the molecule is COc1cc(-n2cc(C(=O)NC[C@@H]3CCCN4CCCC[C@H]34)c3ccccc3c2=O)cc(OC)c1OC. The van der Waals surface area contributed by atoms with Crippen LogP contribution in [0.25, 0.3) is 16.5 Å². The third kappa shape index (κ3) is 4.78. The smallest absolute Gasteiger partial charge is 0.263 e. The Bertz CT molecular complexity index is 1320. The van der Waals surface area contributed by atoms with E-state index in [2.05, 4.69) is 10.2 Å². The van der Waals surface area contributed by atoms with Crippen LogP contribution in [0.2, 0.25) is 0 Å². The Labute approximate surface area is 217 Å². The maximum atomic E-state index is 13.6. The van der Waals surface area contributed by atoms with E-state index in [4.69, 9.17) is 14.2 Å². The van der Waals surface area contributed by atoms with Gasteiger partial charge in [-0.05, 0) is 50.8 Å². The average Bonchev–Trinajstić information content (AvgIpc) is 2.95. The van der Waals surface area contributed by atoms with Gasteiger partial charge in [-0.15, -0.1) is 0 Å². The van der Waals surface area contributed by atoms with Crippen LogP contribution < -0.4 is 25.1 Å². The first-order valence-electron chi connectivity index (χ1n) is 13.0. The number of amides is 1. The Balaban J connectivity index is 1.51. The lowest BCUT2D eigenvalue weighted by molar-refractivity contribution is 0.0576. The minimum absolute atomic E-state index is 0.176. The lowest BCUT2D eigenvalue weighted by Crippen LogP contribution is -2.51. The molecule has 8 nitrogen and oxygen atoms in total. The van der Waals surface area contributed by atoms with E-state index in [1.807, 2.05) is 18.2 Å². The van der Waals surface area contributed by atoms with Crippen molar-refractivity contribution in [1.82, 2.24) is 14.8 Å². The Hall–Kier alpha value is -3.52. The fourth-order valence-electron chi connectivity index (χ4n) is 6.00. The van der Waals surface area contributed by atoms with Crippen molar-refractivity contribution in [1.29, 1.82) is 0 Å². The molecule has 2 fully saturated rings. The number of ether oxygens (including phenoxy) is 3. The van der Waals surface area contributed by atoms with Gasteiger partial charge in [0.2, 0.25) is 5.75 Å². The molecule has 2 aliphatic heterocycles. The van der Waals surface area contributed by atoms with Gasteiger partial charge in [-0.2, -0.15) is 0 Å². The number of fused-ring (bicyclic) bond motifs is 2. The molecule has 0 aliphatic carbocycles. The first kappa shape index (κ1) is 25.1. The van der Waals surface area contributed by atoms with E-state index in [1.165, 1.54) is 64.7 Å². The van der Waals surface area contributed by atoms with E-state index in [9.17, 15) is 9.59 Å². The van der Waals surface area contributed by atoms with Crippen LogP contribution in [0.3, 0.4) is 0 Å². The average molecular weight is 506 g/mol. The molecule has 1 aromatic heterocycles. The number of hydrogen-bond acceptors (Lipinski definition) is 6. The molecule has 2 aromatic carbocycles. The fourth-order valence-corrected chi connectivity index (χ4v) is 6.00. The van der Waals surface area contributed by atoms with E-state index in [1.54, 1.807) is 24.4 Å². The van der Waals surface area contributed by atoms with Crippen molar-refractivity contribution >= 4 is 16.7 Å². The van der Waals surface area contributed by atoms with E-state index >= 15 is 0 Å². The van der Waals surface area contributed by atoms with Crippen LogP contribution in [0, 0.1) is 5.92 Å². The van der Waals surface area contributed by atoms with E-state index < -0.39 is 0 Å². The number of hydrogen-bond donors (Lipinski definition) is 1. The zero-order valence-electron chi connectivity index (χ0n) is 21.8. The predicted molar refractivity (Wildman–Crippen MR) is 143 cm³/mol. The Morgan fingerprint density at radius 3 is 2.35 bits per heavy atom. The summed E-state index contributed by atoms with van der Waals surface area (Å²) in [5.74, 6) is 1.56. The molecule has 8 heteroatoms. The highest BCUT2D eigenvalue weighted by Gasteiger charge is 2.33. The van der Waals surface area contributed by atoms with Crippen LogP contribution >= 0.6 is 0 Å². The zero-order chi connectivity index (χ0) is 25.9. The van der Waals surface area contributed by atoms with Crippen LogP contribution in [0.5, 0.6) is 17.2 Å². The third-order valence-corrected chi connectivity index (χ3v) is 7.85. The second kappa shape index (κ2) is 10.8. The molecule has 0 radical (unpaired) electrons. The van der Waals surface area contributed by atoms with Crippen molar-refractivity contribution < 1.29 is 19.0 Å². The molecule has 1 amide bonds. The maximum Gasteiger partial charge on any atom is 0.263 e. The highest BCUT2D eigenvalue weighted by molar-refractivity contribution is 6.06. The van der Waals surface area contributed by atoms with Gasteiger partial charge in [0.05, 0.1) is 32.6 Å². The summed E-state index contributed by atoms with van der Waals surface area (Å²) in [4.78, 5) is 29.7. The minimum atomic E-state index is -0.230. The highest BCUT2D eigenvalue weighted by atomic mass is 16.5. The molecule has 2 saturated heterocycles. The summed E-state index contributed by atoms with van der Waals surface area (Å²) < 4.78 is 17.9. The summed E-state index contributed by atoms with van der Waals surface area (Å²) >= 11 is 0. The van der Waals surface area contributed by atoms with Gasteiger partial charge in [0.25, 0.3) is 11.5 Å². The summed E-state index contributed by atoms with van der Waals surface area (Å²) in [5.41, 5.74) is 0.747. The summed E-state index contributed by atoms with van der Waals surface area (Å²) in [6.07, 6.45) is 7.66. The van der Waals surface area contributed by atoms with Crippen LogP contribution in [0.4, 0.5) is 0 Å². The van der Waals surface area contributed by atoms with E-state index in [0.29, 0.717) is 57.8 Å². The quantitative estimate of drug-likeness (QED) is 0.523. The van der Waals surface area contributed by atoms with Gasteiger partial charge in [-0.25, -0.2) is 0 Å². The first-order valence-corrected chi connectivity index (χ1v) is 13.0. The maximum absolute atomic E-state index is 13.6. The number of pyridine rings is 1. The summed E-state index contributed by atoms with van der Waals surface area (Å²) in [6.45, 7) is 2.97. The third-order valence-electron chi connectivity index (χ3n) is 7.85. The topological polar surface area (TPSA) is 82.0 Å². The first-order chi connectivity index (χ1) is 18.0. The number of nitrogens with one attached hydrogen (secondary N) is 1. The molecule has 0 bridgehead atoms. The number of rotatable bonds is 7. The Morgan fingerprint density at radius 2 is 1.65 bits per heavy atom. The molecule has 3 aromatic rings. The molecular weight excluding hydrogens is 470 g/mol. The number of carbonyl (C=O) groups is 1. The minimum Gasteiger partial charge on any atom is -0.493 e. The van der Waals surface area contributed by atoms with Gasteiger partial charge in [0, 0.05) is 41.7 Å². The molecule has 196 valence electrons. The van der Waals surface area contributed by atoms with Crippen molar-refractivity contribution in [3.05, 3.63) is 58.5 Å². The van der Waals surface area contributed by atoms with Gasteiger partial charge in [0.15, 0.2) is 11.5 Å². The predicted octanol–water partition coefficient (Wildman–Crippen LogP) is 4.01. The molecule has 5 rings (SSSR count). The largest absolute Gasteiger partial charge is 0.493 e. The molecule has 2 atom stereocenters. The van der Waals surface area contributed by atoms with Gasteiger partial charge in [-0.3, -0.25) is 14.2 Å². The van der Waals surface area contributed by atoms with Crippen molar-refractivity contribution in [3.63, 3.8) is 0 Å². The van der Waals surface area contributed by atoms with Crippen LogP contribution in [0.1, 0.15) is 42.5 Å². The van der Waals surface area contributed by atoms with Gasteiger partial charge < -0.3 is 24.4 Å². The number of piperidine rings is 2. The van der Waals surface area contributed by atoms with Crippen LogP contribution in [-0.2, 0) is 0 Å². The molecule has 3 heterocycles. The zero-order valence-corrected chi connectivity index (χ0v) is 21.8. The standard InChI is InChI=1S/C29H35N3O5/c1-35-25-15-20(16-26(36-2)27(25)37-3)32-18-23(21-10-4-5-11-22(21)29(32)34)28(33)30-17-19-9-8-14-31-13-7-6-12-24(19)31/h4-5,10-11,15-16,18-19,24H,6-9,12-14,17H2,1-3H3,(H,30,33)/t19-,24+/m0/s1. The van der Waals surface area contributed by atoms with Gasteiger partial charge in [-0.1, -0.05) is 24.6 Å². The van der Waals surface area contributed by atoms with Crippen molar-refractivity contribution in [2.45, 2.75) is 38.1 Å². The van der Waals surface area contributed by atoms with Crippen molar-refractivity contribution in [3.8, 4) is 22.9 Å². The summed E-state index contributed by atoms with van der Waals surface area (Å²) in [5, 5.41) is 4.31. The summed E-state index contributed by atoms with van der Waals surface area (Å²) in [7, 11) is 4.59. The number of nitrogens with zero attached hydrogens (tertiary/aromatic N) is 2. The van der Waals surface area contributed by atoms with Crippen molar-refractivity contribution in [2.24, 2.45) is 5.92 Å². The molecule has 2 aliphatic rings. The van der Waals surface area contributed by atoms with Crippen LogP contribution in [0.15, 0.2) is 47.4 Å². The summed E-state index contributed by atoms with van der Waals surface area (Å²) in [6, 6.07) is 11.2. The fraction of sp³-hybridized carbons (Fsp3) is 0.448.